The Hall–Kier alpha value is -0.910. The Morgan fingerprint density at radius 1 is 1.33 bits per heavy atom. The third-order valence-corrected chi connectivity index (χ3v) is 6.40. The SMILES string of the molecule is CCCCN1CCc2[nH]cnc2C12CCN(C[C@H]1CCOC1)CC2. The standard InChI is InChI=1S/C19H32N4O/c1-2-3-8-23-9-4-17-18(21-15-20-17)19(23)6-10-22(11-7-19)13-16-5-12-24-14-16/h15-16H,2-14H2,1H3,(H,20,21)/t16-/m1/s1. The minimum Gasteiger partial charge on any atom is -0.381 e. The van der Waals surface area contributed by atoms with Gasteiger partial charge in [0.1, 0.15) is 0 Å². The molecule has 1 aromatic heterocycles. The molecule has 0 unspecified atom stereocenters. The molecular weight excluding hydrogens is 300 g/mol. The monoisotopic (exact) mass is 332 g/mol. The van der Waals surface area contributed by atoms with Crippen LogP contribution in [-0.2, 0) is 16.7 Å². The molecule has 1 atom stereocenters. The van der Waals surface area contributed by atoms with Crippen molar-refractivity contribution in [3.63, 3.8) is 0 Å². The van der Waals surface area contributed by atoms with E-state index >= 15 is 0 Å². The maximum Gasteiger partial charge on any atom is 0.0926 e. The first-order chi connectivity index (χ1) is 11.8. The van der Waals surface area contributed by atoms with Crippen molar-refractivity contribution >= 4 is 0 Å². The molecule has 3 aliphatic heterocycles. The number of hydrogen-bond donors (Lipinski definition) is 1. The van der Waals surface area contributed by atoms with Crippen LogP contribution in [0.3, 0.4) is 0 Å². The molecule has 5 nitrogen and oxygen atoms in total. The number of nitrogens with one attached hydrogen (secondary N) is 1. The highest BCUT2D eigenvalue weighted by Crippen LogP contribution is 2.42. The minimum atomic E-state index is 0.186. The maximum atomic E-state index is 5.56. The number of aromatic nitrogens is 2. The summed E-state index contributed by atoms with van der Waals surface area (Å²) in [7, 11) is 0. The van der Waals surface area contributed by atoms with Gasteiger partial charge in [0.05, 0.1) is 24.2 Å². The summed E-state index contributed by atoms with van der Waals surface area (Å²) in [6, 6.07) is 0. The van der Waals surface area contributed by atoms with Gasteiger partial charge in [-0.1, -0.05) is 13.3 Å². The number of H-pyrrole nitrogens is 1. The Morgan fingerprint density at radius 3 is 2.96 bits per heavy atom. The van der Waals surface area contributed by atoms with Crippen LogP contribution < -0.4 is 0 Å². The lowest BCUT2D eigenvalue weighted by Crippen LogP contribution is -2.57. The average molecular weight is 332 g/mol. The molecular formula is C19H32N4O. The molecule has 24 heavy (non-hydrogen) atoms. The zero-order valence-electron chi connectivity index (χ0n) is 15.1. The van der Waals surface area contributed by atoms with Crippen molar-refractivity contribution in [2.45, 2.75) is 51.0 Å². The largest absolute Gasteiger partial charge is 0.381 e. The van der Waals surface area contributed by atoms with Gasteiger partial charge in [-0.3, -0.25) is 4.90 Å². The number of nitrogens with zero attached hydrogens (tertiary/aromatic N) is 3. The molecule has 1 aromatic rings. The molecule has 1 N–H and O–H groups in total. The summed E-state index contributed by atoms with van der Waals surface area (Å²) >= 11 is 0. The van der Waals surface area contributed by atoms with Crippen molar-refractivity contribution < 1.29 is 4.74 Å². The fourth-order valence-corrected chi connectivity index (χ4v) is 4.95. The van der Waals surface area contributed by atoms with Crippen LogP contribution in [0.5, 0.6) is 0 Å². The predicted molar refractivity (Wildman–Crippen MR) is 95.1 cm³/mol. The van der Waals surface area contributed by atoms with Gasteiger partial charge in [-0.05, 0) is 38.1 Å². The minimum absolute atomic E-state index is 0.186. The first-order valence-electron chi connectivity index (χ1n) is 9.90. The number of rotatable bonds is 5. The Bertz CT molecular complexity index is 529. The summed E-state index contributed by atoms with van der Waals surface area (Å²) in [5, 5.41) is 0. The molecule has 0 bridgehead atoms. The van der Waals surface area contributed by atoms with Crippen molar-refractivity contribution in [2.75, 3.05) is 45.9 Å². The van der Waals surface area contributed by atoms with Crippen LogP contribution in [0.4, 0.5) is 0 Å². The topological polar surface area (TPSA) is 44.4 Å². The summed E-state index contributed by atoms with van der Waals surface area (Å²) in [5.74, 6) is 0.752. The fraction of sp³-hybridized carbons (Fsp3) is 0.842. The van der Waals surface area contributed by atoms with Crippen LogP contribution >= 0.6 is 0 Å². The number of hydrogen-bond acceptors (Lipinski definition) is 4. The van der Waals surface area contributed by atoms with Crippen LogP contribution in [0, 0.1) is 5.92 Å². The number of piperidine rings is 1. The quantitative estimate of drug-likeness (QED) is 0.899. The van der Waals surface area contributed by atoms with Crippen molar-refractivity contribution in [2.24, 2.45) is 5.92 Å². The molecule has 0 saturated carbocycles. The Balaban J connectivity index is 1.47. The maximum absolute atomic E-state index is 5.56. The Morgan fingerprint density at radius 2 is 2.21 bits per heavy atom. The number of aromatic amines is 1. The molecule has 0 aliphatic carbocycles. The van der Waals surface area contributed by atoms with Gasteiger partial charge in [0.15, 0.2) is 0 Å². The highest BCUT2D eigenvalue weighted by Gasteiger charge is 2.46. The van der Waals surface area contributed by atoms with E-state index in [0.717, 1.165) is 25.6 Å². The molecule has 4 heterocycles. The molecule has 2 saturated heterocycles. The summed E-state index contributed by atoms with van der Waals surface area (Å²) in [6.07, 6.45) is 9.30. The van der Waals surface area contributed by atoms with Gasteiger partial charge in [-0.15, -0.1) is 0 Å². The zero-order valence-corrected chi connectivity index (χ0v) is 15.1. The van der Waals surface area contributed by atoms with Crippen LogP contribution in [0.1, 0.15) is 50.4 Å². The first kappa shape index (κ1) is 16.6. The van der Waals surface area contributed by atoms with E-state index in [1.165, 1.54) is 76.2 Å². The van der Waals surface area contributed by atoms with Gasteiger partial charge >= 0.3 is 0 Å². The van der Waals surface area contributed by atoms with Crippen LogP contribution in [-0.4, -0.2) is 65.7 Å². The summed E-state index contributed by atoms with van der Waals surface area (Å²) in [6.45, 7) is 10.3. The lowest BCUT2D eigenvalue weighted by Gasteiger charge is -2.51. The third-order valence-electron chi connectivity index (χ3n) is 6.40. The number of fused-ring (bicyclic) bond motifs is 2. The highest BCUT2D eigenvalue weighted by molar-refractivity contribution is 5.26. The Labute approximate surface area is 145 Å². The number of unbranched alkanes of at least 4 members (excludes halogenated alkanes) is 1. The van der Waals surface area contributed by atoms with Gasteiger partial charge in [0, 0.05) is 44.9 Å². The van der Waals surface area contributed by atoms with Crippen molar-refractivity contribution in [1.29, 1.82) is 0 Å². The van der Waals surface area contributed by atoms with E-state index in [4.69, 9.17) is 9.72 Å². The predicted octanol–water partition coefficient (Wildman–Crippen LogP) is 2.40. The summed E-state index contributed by atoms with van der Waals surface area (Å²) in [5.41, 5.74) is 2.93. The van der Waals surface area contributed by atoms with Gasteiger partial charge in [0.2, 0.25) is 0 Å². The molecule has 0 aromatic carbocycles. The lowest BCUT2D eigenvalue weighted by atomic mass is 9.78. The second kappa shape index (κ2) is 7.14. The highest BCUT2D eigenvalue weighted by atomic mass is 16.5. The molecule has 3 aliphatic rings. The van der Waals surface area contributed by atoms with Crippen molar-refractivity contribution in [3.8, 4) is 0 Å². The van der Waals surface area contributed by atoms with Crippen molar-refractivity contribution in [3.05, 3.63) is 17.7 Å². The second-order valence-electron chi connectivity index (χ2n) is 7.88. The van der Waals surface area contributed by atoms with Gasteiger partial charge < -0.3 is 14.6 Å². The molecule has 5 heteroatoms. The van der Waals surface area contributed by atoms with E-state index in [0.29, 0.717) is 0 Å². The van der Waals surface area contributed by atoms with Gasteiger partial charge in [-0.25, -0.2) is 4.98 Å². The first-order valence-corrected chi connectivity index (χ1v) is 9.90. The molecule has 2 fully saturated rings. The molecule has 4 rings (SSSR count). The molecule has 0 radical (unpaired) electrons. The van der Waals surface area contributed by atoms with Crippen LogP contribution in [0.15, 0.2) is 6.33 Å². The van der Waals surface area contributed by atoms with Crippen LogP contribution in [0.2, 0.25) is 0 Å². The van der Waals surface area contributed by atoms with E-state index in [1.807, 2.05) is 6.33 Å². The summed E-state index contributed by atoms with van der Waals surface area (Å²) in [4.78, 5) is 13.6. The van der Waals surface area contributed by atoms with E-state index in [2.05, 4.69) is 21.7 Å². The Kier molecular flexibility index (Phi) is 4.93. The average Bonchev–Trinajstić information content (AvgIpc) is 3.28. The van der Waals surface area contributed by atoms with E-state index < -0.39 is 0 Å². The lowest BCUT2D eigenvalue weighted by molar-refractivity contribution is 0.000792. The van der Waals surface area contributed by atoms with Gasteiger partial charge in [-0.2, -0.15) is 0 Å². The third kappa shape index (κ3) is 3.02. The summed E-state index contributed by atoms with van der Waals surface area (Å²) < 4.78 is 5.56. The number of imidazole rings is 1. The van der Waals surface area contributed by atoms with E-state index in [-0.39, 0.29) is 5.54 Å². The molecule has 134 valence electrons. The number of ether oxygens (including phenoxy) is 1. The number of likely N-dealkylation sites (tertiary alicyclic amines) is 1. The van der Waals surface area contributed by atoms with Crippen molar-refractivity contribution in [1.82, 2.24) is 19.8 Å². The smallest absolute Gasteiger partial charge is 0.0926 e. The normalized spacial score (nSPS) is 27.6. The van der Waals surface area contributed by atoms with E-state index in [1.54, 1.807) is 0 Å². The van der Waals surface area contributed by atoms with Gasteiger partial charge in [0.25, 0.3) is 0 Å². The zero-order chi connectivity index (χ0) is 16.4. The molecule has 1 spiro atoms. The molecule has 0 amide bonds. The van der Waals surface area contributed by atoms with Crippen LogP contribution in [0.25, 0.3) is 0 Å². The second-order valence-corrected chi connectivity index (χ2v) is 7.88. The van der Waals surface area contributed by atoms with E-state index in [9.17, 15) is 0 Å². The fourth-order valence-electron chi connectivity index (χ4n) is 4.95.